The van der Waals surface area contributed by atoms with Gasteiger partial charge in [-0.25, -0.2) is 0 Å². The maximum atomic E-state index is 12.7. The van der Waals surface area contributed by atoms with Crippen LogP contribution >= 0.6 is 17.0 Å². The van der Waals surface area contributed by atoms with Gasteiger partial charge in [-0.15, -0.1) is 17.0 Å². The lowest BCUT2D eigenvalue weighted by molar-refractivity contribution is -0.658. The molecule has 0 saturated carbocycles. The molecule has 1 aromatic heterocycles. The van der Waals surface area contributed by atoms with Crippen LogP contribution in [0.15, 0.2) is 60.8 Å². The molecular weight excluding hydrogens is 409 g/mol. The average Bonchev–Trinajstić information content (AvgIpc) is 2.54. The van der Waals surface area contributed by atoms with Gasteiger partial charge in [0.2, 0.25) is 12.1 Å². The largest absolute Gasteiger partial charge is 0.416 e. The number of hydrogen-bond acceptors (Lipinski definition) is 1. The Kier molecular flexibility index (Phi) is 6.02. The standard InChI is InChI=1S/C19H15F3N2O.BrH/c1-13-7-8-17-14(10-13)4-3-9-24(17)12-18(25)23-16-6-2-5-15(11-16)19(20,21)22;/h2-11H,12H2,1H3;1H/p+1. The van der Waals surface area contributed by atoms with Crippen LogP contribution in [0.4, 0.5) is 18.9 Å². The first-order chi connectivity index (χ1) is 11.8. The van der Waals surface area contributed by atoms with Crippen molar-refractivity contribution in [2.24, 2.45) is 0 Å². The van der Waals surface area contributed by atoms with Crippen LogP contribution in [0.3, 0.4) is 0 Å². The first kappa shape index (κ1) is 19.9. The summed E-state index contributed by atoms with van der Waals surface area (Å²) >= 11 is 0. The first-order valence-corrected chi connectivity index (χ1v) is 7.69. The van der Waals surface area contributed by atoms with Gasteiger partial charge in [0.25, 0.3) is 5.91 Å². The van der Waals surface area contributed by atoms with E-state index in [0.29, 0.717) is 0 Å². The molecule has 136 valence electrons. The van der Waals surface area contributed by atoms with Crippen molar-refractivity contribution < 1.29 is 22.5 Å². The Morgan fingerprint density at radius 1 is 1.08 bits per heavy atom. The van der Waals surface area contributed by atoms with Crippen LogP contribution in [0.25, 0.3) is 10.9 Å². The van der Waals surface area contributed by atoms with E-state index >= 15 is 0 Å². The molecule has 0 bridgehead atoms. The summed E-state index contributed by atoms with van der Waals surface area (Å²) in [7, 11) is 0. The third-order valence-corrected chi connectivity index (χ3v) is 3.82. The predicted molar refractivity (Wildman–Crippen MR) is 99.3 cm³/mol. The Morgan fingerprint density at radius 3 is 2.58 bits per heavy atom. The molecule has 0 aliphatic rings. The monoisotopic (exact) mass is 425 g/mol. The lowest BCUT2D eigenvalue weighted by atomic mass is 10.1. The van der Waals surface area contributed by atoms with E-state index in [2.05, 4.69) is 5.32 Å². The number of pyridine rings is 1. The van der Waals surface area contributed by atoms with Crippen molar-refractivity contribution in [1.29, 1.82) is 0 Å². The number of hydrogen-bond donors (Lipinski definition) is 1. The number of nitrogens with one attached hydrogen (secondary N) is 1. The van der Waals surface area contributed by atoms with Gasteiger partial charge >= 0.3 is 6.18 Å². The van der Waals surface area contributed by atoms with Crippen LogP contribution in [0.1, 0.15) is 11.1 Å². The van der Waals surface area contributed by atoms with Gasteiger partial charge < -0.3 is 5.32 Å². The molecule has 0 fully saturated rings. The van der Waals surface area contributed by atoms with Crippen molar-refractivity contribution in [2.45, 2.75) is 19.6 Å². The Bertz CT molecular complexity index is 941. The lowest BCUT2D eigenvalue weighted by Crippen LogP contribution is -2.40. The highest BCUT2D eigenvalue weighted by molar-refractivity contribution is 8.93. The second-order valence-electron chi connectivity index (χ2n) is 5.83. The fourth-order valence-corrected chi connectivity index (χ4v) is 2.67. The molecular formula is C19H17BrF3N2O+. The minimum absolute atomic E-state index is 0. The van der Waals surface area contributed by atoms with Crippen LogP contribution < -0.4 is 9.88 Å². The van der Waals surface area contributed by atoms with Gasteiger partial charge in [-0.05, 0) is 37.3 Å². The lowest BCUT2D eigenvalue weighted by Gasteiger charge is -2.09. The molecule has 0 aliphatic heterocycles. The average molecular weight is 426 g/mol. The summed E-state index contributed by atoms with van der Waals surface area (Å²) in [6, 6.07) is 14.3. The second-order valence-corrected chi connectivity index (χ2v) is 5.83. The Labute approximate surface area is 159 Å². The third kappa shape index (κ3) is 4.60. The van der Waals surface area contributed by atoms with E-state index in [9.17, 15) is 18.0 Å². The molecule has 7 heteroatoms. The molecule has 26 heavy (non-hydrogen) atoms. The van der Waals surface area contributed by atoms with Crippen molar-refractivity contribution in [3.05, 3.63) is 71.9 Å². The number of aryl methyl sites for hydroxylation is 1. The number of halogens is 4. The van der Waals surface area contributed by atoms with Gasteiger partial charge in [0, 0.05) is 23.2 Å². The molecule has 2 aromatic carbocycles. The van der Waals surface area contributed by atoms with Crippen LogP contribution in [0.5, 0.6) is 0 Å². The second kappa shape index (κ2) is 7.86. The van der Waals surface area contributed by atoms with Crippen molar-refractivity contribution in [2.75, 3.05) is 5.32 Å². The highest BCUT2D eigenvalue weighted by Crippen LogP contribution is 2.30. The summed E-state index contributed by atoms with van der Waals surface area (Å²) in [5, 5.41) is 3.51. The summed E-state index contributed by atoms with van der Waals surface area (Å²) < 4.78 is 40.0. The van der Waals surface area contributed by atoms with Gasteiger partial charge in [-0.2, -0.15) is 17.7 Å². The first-order valence-electron chi connectivity index (χ1n) is 7.69. The summed E-state index contributed by atoms with van der Waals surface area (Å²) in [6.07, 6.45) is -2.67. The molecule has 0 radical (unpaired) electrons. The number of alkyl halides is 3. The van der Waals surface area contributed by atoms with Crippen LogP contribution in [-0.4, -0.2) is 5.91 Å². The Hall–Kier alpha value is -2.41. The van der Waals surface area contributed by atoms with E-state index in [1.165, 1.54) is 12.1 Å². The predicted octanol–water partition coefficient (Wildman–Crippen LogP) is 4.67. The van der Waals surface area contributed by atoms with E-state index in [-0.39, 0.29) is 29.2 Å². The smallest absolute Gasteiger partial charge is 0.321 e. The zero-order valence-electron chi connectivity index (χ0n) is 13.9. The number of anilines is 1. The number of carbonyl (C=O) groups is 1. The fraction of sp³-hybridized carbons (Fsp3) is 0.158. The fourth-order valence-electron chi connectivity index (χ4n) is 2.67. The zero-order chi connectivity index (χ0) is 18.0. The van der Waals surface area contributed by atoms with Crippen molar-refractivity contribution in [1.82, 2.24) is 0 Å². The van der Waals surface area contributed by atoms with Crippen LogP contribution in [0.2, 0.25) is 0 Å². The van der Waals surface area contributed by atoms with E-state index in [1.54, 1.807) is 10.8 Å². The van der Waals surface area contributed by atoms with Gasteiger partial charge in [-0.1, -0.05) is 17.7 Å². The van der Waals surface area contributed by atoms with Crippen molar-refractivity contribution in [3.63, 3.8) is 0 Å². The maximum absolute atomic E-state index is 12.7. The molecule has 1 N–H and O–H groups in total. The molecule has 0 unspecified atom stereocenters. The molecule has 3 rings (SSSR count). The molecule has 0 aliphatic carbocycles. The highest BCUT2D eigenvalue weighted by atomic mass is 79.9. The van der Waals surface area contributed by atoms with Gasteiger partial charge in [0.05, 0.1) is 5.56 Å². The minimum Gasteiger partial charge on any atom is -0.321 e. The molecule has 1 heterocycles. The SMILES string of the molecule is Br.Cc1ccc2c(ccc[n+]2CC(=O)Nc2cccc(C(F)(F)F)c2)c1. The topological polar surface area (TPSA) is 33.0 Å². The molecule has 0 saturated heterocycles. The number of carbonyl (C=O) groups excluding carboxylic acids is 1. The van der Waals surface area contributed by atoms with Gasteiger partial charge in [-0.3, -0.25) is 4.79 Å². The number of rotatable bonds is 3. The molecule has 3 nitrogen and oxygen atoms in total. The molecule has 1 amide bonds. The quantitative estimate of drug-likeness (QED) is 0.607. The molecule has 0 atom stereocenters. The minimum atomic E-state index is -4.44. The molecule has 0 spiro atoms. The van der Waals surface area contributed by atoms with Crippen molar-refractivity contribution in [3.8, 4) is 0 Å². The Balaban J connectivity index is 0.00000243. The summed E-state index contributed by atoms with van der Waals surface area (Å²) in [5.74, 6) is -0.391. The number of benzene rings is 2. The van der Waals surface area contributed by atoms with Crippen LogP contribution in [0, 0.1) is 6.92 Å². The third-order valence-electron chi connectivity index (χ3n) is 3.82. The van der Waals surface area contributed by atoms with Gasteiger partial charge in [0.1, 0.15) is 0 Å². The highest BCUT2D eigenvalue weighted by Gasteiger charge is 2.30. The number of aromatic nitrogens is 1. The molecule has 3 aromatic rings. The van der Waals surface area contributed by atoms with E-state index in [0.717, 1.165) is 28.6 Å². The normalized spacial score (nSPS) is 11.1. The van der Waals surface area contributed by atoms with E-state index in [4.69, 9.17) is 0 Å². The van der Waals surface area contributed by atoms with E-state index in [1.807, 2.05) is 37.3 Å². The maximum Gasteiger partial charge on any atom is 0.416 e. The van der Waals surface area contributed by atoms with E-state index < -0.39 is 17.6 Å². The summed E-state index contributed by atoms with van der Waals surface area (Å²) in [4.78, 5) is 12.2. The number of fused-ring (bicyclic) bond motifs is 1. The van der Waals surface area contributed by atoms with Crippen molar-refractivity contribution >= 4 is 39.5 Å². The number of nitrogens with zero attached hydrogens (tertiary/aromatic N) is 1. The van der Waals surface area contributed by atoms with Crippen LogP contribution in [-0.2, 0) is 17.5 Å². The summed E-state index contributed by atoms with van der Waals surface area (Å²) in [6.45, 7) is 1.99. The summed E-state index contributed by atoms with van der Waals surface area (Å²) in [5.41, 5.74) is 1.32. The zero-order valence-corrected chi connectivity index (χ0v) is 15.6. The number of amides is 1. The Morgan fingerprint density at radius 2 is 1.85 bits per heavy atom. The van der Waals surface area contributed by atoms with Gasteiger partial charge in [0.15, 0.2) is 6.20 Å².